The van der Waals surface area contributed by atoms with Crippen LogP contribution in [0.4, 0.5) is 5.82 Å². The highest BCUT2D eigenvalue weighted by atomic mass is 32.1. The van der Waals surface area contributed by atoms with E-state index in [-0.39, 0.29) is 0 Å². The largest absolute Gasteiger partial charge is 0.481 e. The van der Waals surface area contributed by atoms with E-state index in [1.807, 2.05) is 18.2 Å². The second kappa shape index (κ2) is 6.10. The van der Waals surface area contributed by atoms with E-state index in [1.165, 1.54) is 0 Å². The van der Waals surface area contributed by atoms with Gasteiger partial charge in [0.25, 0.3) is 0 Å². The van der Waals surface area contributed by atoms with Gasteiger partial charge in [0.15, 0.2) is 0 Å². The lowest BCUT2D eigenvalue weighted by Crippen LogP contribution is -2.14. The average Bonchev–Trinajstić information content (AvgIpc) is 2.46. The molecular formula is C13H14N4OS. The zero-order valence-electron chi connectivity index (χ0n) is 10.5. The Morgan fingerprint density at radius 2 is 2.21 bits per heavy atom. The van der Waals surface area contributed by atoms with Crippen molar-refractivity contribution in [3.63, 3.8) is 0 Å². The quantitative estimate of drug-likeness (QED) is 0.809. The van der Waals surface area contributed by atoms with Gasteiger partial charge in [-0.15, -0.1) is 0 Å². The van der Waals surface area contributed by atoms with Crippen molar-refractivity contribution < 1.29 is 4.74 Å². The molecule has 0 fully saturated rings. The van der Waals surface area contributed by atoms with E-state index in [1.54, 1.807) is 25.6 Å². The van der Waals surface area contributed by atoms with Crippen molar-refractivity contribution >= 4 is 23.0 Å². The molecule has 0 saturated heterocycles. The number of pyridine rings is 2. The van der Waals surface area contributed by atoms with Crippen LogP contribution in [-0.2, 0) is 6.54 Å². The molecule has 0 unspecified atom stereocenters. The molecule has 0 aliphatic carbocycles. The first kappa shape index (κ1) is 13.2. The molecule has 0 amide bonds. The van der Waals surface area contributed by atoms with Crippen LogP contribution in [0.15, 0.2) is 36.7 Å². The van der Waals surface area contributed by atoms with Gasteiger partial charge in [-0.1, -0.05) is 18.3 Å². The number of methoxy groups -OCH3 is 1. The molecule has 0 bridgehead atoms. The summed E-state index contributed by atoms with van der Waals surface area (Å²) >= 11 is 4.98. The number of anilines is 1. The number of hydrogen-bond donors (Lipinski definition) is 2. The highest BCUT2D eigenvalue weighted by Gasteiger charge is 2.05. The third kappa shape index (κ3) is 3.38. The molecule has 98 valence electrons. The average molecular weight is 274 g/mol. The van der Waals surface area contributed by atoms with Gasteiger partial charge in [-0.2, -0.15) is 0 Å². The van der Waals surface area contributed by atoms with Crippen LogP contribution in [0, 0.1) is 0 Å². The Bertz CT molecular complexity index is 571. The molecule has 2 rings (SSSR count). The summed E-state index contributed by atoms with van der Waals surface area (Å²) in [6.07, 6.45) is 3.44. The van der Waals surface area contributed by atoms with Crippen molar-refractivity contribution in [1.82, 2.24) is 9.97 Å². The van der Waals surface area contributed by atoms with E-state index in [0.29, 0.717) is 23.2 Å². The monoisotopic (exact) mass is 274 g/mol. The lowest BCUT2D eigenvalue weighted by atomic mass is 10.2. The molecule has 0 aliphatic rings. The fraction of sp³-hybridized carbons (Fsp3) is 0.154. The number of hydrogen-bond acceptors (Lipinski definition) is 5. The molecule has 19 heavy (non-hydrogen) atoms. The fourth-order valence-electron chi connectivity index (χ4n) is 1.57. The smallest absolute Gasteiger partial charge is 0.212 e. The Morgan fingerprint density at radius 3 is 2.84 bits per heavy atom. The van der Waals surface area contributed by atoms with Crippen LogP contribution in [0.5, 0.6) is 5.88 Å². The van der Waals surface area contributed by atoms with Crippen LogP contribution >= 0.6 is 12.2 Å². The zero-order chi connectivity index (χ0) is 13.7. The molecule has 0 radical (unpaired) electrons. The summed E-state index contributed by atoms with van der Waals surface area (Å²) in [5.74, 6) is 1.26. The van der Waals surface area contributed by atoms with E-state index in [9.17, 15) is 0 Å². The van der Waals surface area contributed by atoms with Gasteiger partial charge in [-0.05, 0) is 17.7 Å². The van der Waals surface area contributed by atoms with Crippen LogP contribution in [0.2, 0.25) is 0 Å². The second-order valence-electron chi connectivity index (χ2n) is 3.83. The first-order valence-corrected chi connectivity index (χ1v) is 6.09. The van der Waals surface area contributed by atoms with Crippen molar-refractivity contribution in [3.8, 4) is 5.88 Å². The summed E-state index contributed by atoms with van der Waals surface area (Å²) in [5, 5.41) is 3.19. The van der Waals surface area contributed by atoms with Crippen molar-refractivity contribution in [2.24, 2.45) is 5.73 Å². The SMILES string of the molecule is COc1ccc(CNc2ncccc2C(N)=S)cn1. The van der Waals surface area contributed by atoms with Gasteiger partial charge >= 0.3 is 0 Å². The van der Waals surface area contributed by atoms with E-state index in [0.717, 1.165) is 11.1 Å². The maximum absolute atomic E-state index is 5.64. The Morgan fingerprint density at radius 1 is 1.37 bits per heavy atom. The van der Waals surface area contributed by atoms with Crippen LogP contribution in [0.25, 0.3) is 0 Å². The molecule has 0 aromatic carbocycles. The molecule has 0 atom stereocenters. The highest BCUT2D eigenvalue weighted by molar-refractivity contribution is 7.80. The van der Waals surface area contributed by atoms with Crippen LogP contribution in [-0.4, -0.2) is 22.1 Å². The molecule has 6 heteroatoms. The van der Waals surface area contributed by atoms with Crippen molar-refractivity contribution in [1.29, 1.82) is 0 Å². The third-order valence-corrected chi connectivity index (χ3v) is 2.76. The van der Waals surface area contributed by atoms with Gasteiger partial charge in [0, 0.05) is 25.0 Å². The Labute approximate surface area is 116 Å². The summed E-state index contributed by atoms with van der Waals surface area (Å²) in [6, 6.07) is 7.38. The normalized spacial score (nSPS) is 9.95. The van der Waals surface area contributed by atoms with Gasteiger partial charge in [-0.3, -0.25) is 0 Å². The molecule has 2 aromatic heterocycles. The van der Waals surface area contributed by atoms with Crippen molar-refractivity contribution in [2.75, 3.05) is 12.4 Å². The maximum atomic E-state index is 5.64. The standard InChI is InChI=1S/C13H14N4OS/c1-18-11-5-4-9(7-16-11)8-17-13-10(12(14)19)3-2-6-15-13/h2-7H,8H2,1H3,(H2,14,19)(H,15,17). The molecule has 0 aliphatic heterocycles. The number of nitrogens with zero attached hydrogens (tertiary/aromatic N) is 2. The number of rotatable bonds is 5. The van der Waals surface area contributed by atoms with Gasteiger partial charge < -0.3 is 15.8 Å². The Hall–Kier alpha value is -2.21. The lowest BCUT2D eigenvalue weighted by Gasteiger charge is -2.09. The molecule has 0 saturated carbocycles. The van der Waals surface area contributed by atoms with Crippen molar-refractivity contribution in [3.05, 3.63) is 47.8 Å². The van der Waals surface area contributed by atoms with Crippen LogP contribution in [0.1, 0.15) is 11.1 Å². The molecule has 3 N–H and O–H groups in total. The van der Waals surface area contributed by atoms with E-state index in [4.69, 9.17) is 22.7 Å². The van der Waals surface area contributed by atoms with Crippen molar-refractivity contribution in [2.45, 2.75) is 6.54 Å². The van der Waals surface area contributed by atoms with Gasteiger partial charge in [-0.25, -0.2) is 9.97 Å². The summed E-state index contributed by atoms with van der Waals surface area (Å²) in [4.78, 5) is 8.68. The summed E-state index contributed by atoms with van der Waals surface area (Å²) in [6.45, 7) is 0.587. The lowest BCUT2D eigenvalue weighted by molar-refractivity contribution is 0.397. The summed E-state index contributed by atoms with van der Waals surface area (Å²) in [7, 11) is 1.59. The summed E-state index contributed by atoms with van der Waals surface area (Å²) < 4.78 is 5.01. The number of aromatic nitrogens is 2. The molecular weight excluding hydrogens is 260 g/mol. The first-order valence-electron chi connectivity index (χ1n) is 5.68. The minimum Gasteiger partial charge on any atom is -0.481 e. The minimum absolute atomic E-state index is 0.323. The number of nitrogens with one attached hydrogen (secondary N) is 1. The topological polar surface area (TPSA) is 73.1 Å². The first-order chi connectivity index (χ1) is 9.20. The minimum atomic E-state index is 0.323. The second-order valence-corrected chi connectivity index (χ2v) is 4.27. The Kier molecular flexibility index (Phi) is 4.25. The number of nitrogens with two attached hydrogens (primary N) is 1. The molecule has 5 nitrogen and oxygen atoms in total. The molecule has 0 spiro atoms. The fourth-order valence-corrected chi connectivity index (χ4v) is 1.73. The predicted octanol–water partition coefficient (Wildman–Crippen LogP) is 1.73. The maximum Gasteiger partial charge on any atom is 0.212 e. The third-order valence-electron chi connectivity index (χ3n) is 2.54. The van der Waals surface area contributed by atoms with E-state index >= 15 is 0 Å². The highest BCUT2D eigenvalue weighted by Crippen LogP contribution is 2.13. The van der Waals surface area contributed by atoms with Crippen LogP contribution < -0.4 is 15.8 Å². The molecule has 2 aromatic rings. The Balaban J connectivity index is 2.07. The van der Waals surface area contributed by atoms with Gasteiger partial charge in [0.1, 0.15) is 10.8 Å². The van der Waals surface area contributed by atoms with E-state index < -0.39 is 0 Å². The molecule has 2 heterocycles. The number of ether oxygens (including phenoxy) is 1. The van der Waals surface area contributed by atoms with E-state index in [2.05, 4.69) is 15.3 Å². The zero-order valence-corrected chi connectivity index (χ0v) is 11.3. The van der Waals surface area contributed by atoms with Gasteiger partial charge in [0.2, 0.25) is 5.88 Å². The predicted molar refractivity (Wildman–Crippen MR) is 78.2 cm³/mol. The van der Waals surface area contributed by atoms with Gasteiger partial charge in [0.05, 0.1) is 12.7 Å². The summed E-state index contributed by atoms with van der Waals surface area (Å²) in [5.41, 5.74) is 7.39. The number of thiocarbonyl (C=S) groups is 1. The van der Waals surface area contributed by atoms with Crippen LogP contribution in [0.3, 0.4) is 0 Å².